The average molecular weight is 283 g/mol. The van der Waals surface area contributed by atoms with E-state index in [0.717, 1.165) is 29.2 Å². The van der Waals surface area contributed by atoms with Crippen molar-refractivity contribution in [1.29, 1.82) is 0 Å². The minimum Gasteiger partial charge on any atom is -0.369 e. The average Bonchev–Trinajstić information content (AvgIpc) is 2.93. The predicted molar refractivity (Wildman–Crippen MR) is 88.4 cm³/mol. The van der Waals surface area contributed by atoms with Gasteiger partial charge in [0.1, 0.15) is 12.1 Å². The molecule has 2 aromatic rings. The Hall–Kier alpha value is -1.64. The van der Waals surface area contributed by atoms with Crippen LogP contribution >= 0.6 is 0 Å². The third kappa shape index (κ3) is 3.17. The molecule has 1 heterocycles. The Labute approximate surface area is 127 Å². The molecule has 0 bridgehead atoms. The van der Waals surface area contributed by atoms with Gasteiger partial charge in [0.15, 0.2) is 0 Å². The lowest BCUT2D eigenvalue weighted by Gasteiger charge is -2.31. The van der Waals surface area contributed by atoms with Crippen LogP contribution in [0.25, 0.3) is 10.9 Å². The van der Waals surface area contributed by atoms with Crippen molar-refractivity contribution in [2.45, 2.75) is 46.0 Å². The first-order valence-corrected chi connectivity index (χ1v) is 8.12. The van der Waals surface area contributed by atoms with E-state index >= 15 is 0 Å². The van der Waals surface area contributed by atoms with Crippen molar-refractivity contribution in [1.82, 2.24) is 9.97 Å². The zero-order valence-corrected chi connectivity index (χ0v) is 13.1. The minimum absolute atomic E-state index is 0.459. The molecule has 1 fully saturated rings. The molecule has 0 amide bonds. The van der Waals surface area contributed by atoms with Crippen LogP contribution in [0.2, 0.25) is 0 Å². The largest absolute Gasteiger partial charge is 0.369 e. The topological polar surface area (TPSA) is 37.8 Å². The second-order valence-corrected chi connectivity index (χ2v) is 6.90. The van der Waals surface area contributed by atoms with E-state index in [4.69, 9.17) is 0 Å². The molecular weight excluding hydrogens is 258 g/mol. The molecule has 0 radical (unpaired) electrons. The van der Waals surface area contributed by atoms with Crippen molar-refractivity contribution in [3.63, 3.8) is 0 Å². The molecule has 1 N–H and O–H groups in total. The smallest absolute Gasteiger partial charge is 0.137 e. The van der Waals surface area contributed by atoms with Crippen molar-refractivity contribution in [3.8, 4) is 0 Å². The van der Waals surface area contributed by atoms with Gasteiger partial charge in [-0.3, -0.25) is 0 Å². The Kier molecular flexibility index (Phi) is 4.09. The summed E-state index contributed by atoms with van der Waals surface area (Å²) in [5.41, 5.74) is 1.47. The maximum absolute atomic E-state index is 4.46. The monoisotopic (exact) mass is 283 g/mol. The lowest BCUT2D eigenvalue weighted by molar-refractivity contribution is 0.252. The highest BCUT2D eigenvalue weighted by atomic mass is 15.0. The van der Waals surface area contributed by atoms with E-state index in [9.17, 15) is 0 Å². The molecule has 112 valence electrons. The summed E-state index contributed by atoms with van der Waals surface area (Å²) in [4.78, 5) is 8.79. The fourth-order valence-electron chi connectivity index (χ4n) is 3.86. The van der Waals surface area contributed by atoms with Crippen LogP contribution in [0.1, 0.15) is 46.0 Å². The van der Waals surface area contributed by atoms with Gasteiger partial charge in [0.25, 0.3) is 0 Å². The number of para-hydroxylation sites is 1. The SMILES string of the molecule is CC(C)CC1(CNc2ncnc3ccccc23)CCCC1. The maximum atomic E-state index is 4.46. The second-order valence-electron chi connectivity index (χ2n) is 6.90. The van der Waals surface area contributed by atoms with Crippen LogP contribution in [-0.2, 0) is 0 Å². The fraction of sp³-hybridized carbons (Fsp3) is 0.556. The molecule has 1 saturated carbocycles. The number of rotatable bonds is 5. The molecule has 0 saturated heterocycles. The third-order valence-electron chi connectivity index (χ3n) is 4.68. The van der Waals surface area contributed by atoms with E-state index in [1.165, 1.54) is 32.1 Å². The summed E-state index contributed by atoms with van der Waals surface area (Å²) in [5, 5.41) is 4.75. The Balaban J connectivity index is 1.79. The van der Waals surface area contributed by atoms with Gasteiger partial charge in [-0.1, -0.05) is 38.8 Å². The molecule has 0 spiro atoms. The van der Waals surface area contributed by atoms with Crippen molar-refractivity contribution < 1.29 is 0 Å². The number of benzene rings is 1. The number of fused-ring (bicyclic) bond motifs is 1. The van der Waals surface area contributed by atoms with Crippen LogP contribution in [0.4, 0.5) is 5.82 Å². The zero-order chi connectivity index (χ0) is 14.7. The van der Waals surface area contributed by atoms with Gasteiger partial charge in [0, 0.05) is 11.9 Å². The summed E-state index contributed by atoms with van der Waals surface area (Å²) in [6.07, 6.45) is 8.41. The van der Waals surface area contributed by atoms with Crippen LogP contribution in [0.5, 0.6) is 0 Å². The number of nitrogens with one attached hydrogen (secondary N) is 1. The van der Waals surface area contributed by atoms with E-state index < -0.39 is 0 Å². The number of aromatic nitrogens is 2. The maximum Gasteiger partial charge on any atom is 0.137 e. The molecular formula is C18H25N3. The predicted octanol–water partition coefficient (Wildman–Crippen LogP) is 4.65. The summed E-state index contributed by atoms with van der Waals surface area (Å²) in [7, 11) is 0. The van der Waals surface area contributed by atoms with Gasteiger partial charge in [-0.05, 0) is 42.7 Å². The molecule has 1 aromatic heterocycles. The van der Waals surface area contributed by atoms with Crippen LogP contribution in [0.3, 0.4) is 0 Å². The molecule has 0 atom stereocenters. The fourth-order valence-corrected chi connectivity index (χ4v) is 3.86. The Bertz CT molecular complexity index is 595. The Morgan fingerprint density at radius 1 is 1.14 bits per heavy atom. The van der Waals surface area contributed by atoms with Crippen LogP contribution in [0, 0.1) is 11.3 Å². The first kappa shape index (κ1) is 14.3. The molecule has 21 heavy (non-hydrogen) atoms. The summed E-state index contributed by atoms with van der Waals surface area (Å²) >= 11 is 0. The number of hydrogen-bond acceptors (Lipinski definition) is 3. The van der Waals surface area contributed by atoms with Crippen molar-refractivity contribution in [2.24, 2.45) is 11.3 Å². The van der Waals surface area contributed by atoms with Crippen LogP contribution < -0.4 is 5.32 Å². The highest BCUT2D eigenvalue weighted by Gasteiger charge is 2.34. The van der Waals surface area contributed by atoms with Gasteiger partial charge in [-0.2, -0.15) is 0 Å². The molecule has 3 heteroatoms. The van der Waals surface area contributed by atoms with Crippen LogP contribution in [0.15, 0.2) is 30.6 Å². The number of nitrogens with zero attached hydrogens (tertiary/aromatic N) is 2. The van der Waals surface area contributed by atoms with Crippen molar-refractivity contribution in [3.05, 3.63) is 30.6 Å². The van der Waals surface area contributed by atoms with E-state index in [1.807, 2.05) is 12.1 Å². The molecule has 1 aromatic carbocycles. The molecule has 0 aliphatic heterocycles. The van der Waals surface area contributed by atoms with Crippen molar-refractivity contribution >= 4 is 16.7 Å². The zero-order valence-electron chi connectivity index (χ0n) is 13.1. The number of hydrogen-bond donors (Lipinski definition) is 1. The van der Waals surface area contributed by atoms with E-state index in [0.29, 0.717) is 5.41 Å². The van der Waals surface area contributed by atoms with E-state index in [-0.39, 0.29) is 0 Å². The third-order valence-corrected chi connectivity index (χ3v) is 4.68. The van der Waals surface area contributed by atoms with Gasteiger partial charge in [0.2, 0.25) is 0 Å². The summed E-state index contributed by atoms with van der Waals surface area (Å²) in [6, 6.07) is 8.22. The number of anilines is 1. The molecule has 1 aliphatic carbocycles. The molecule has 3 rings (SSSR count). The van der Waals surface area contributed by atoms with Gasteiger partial charge in [-0.25, -0.2) is 9.97 Å². The van der Waals surface area contributed by atoms with Gasteiger partial charge in [-0.15, -0.1) is 0 Å². The van der Waals surface area contributed by atoms with Gasteiger partial charge in [0.05, 0.1) is 5.52 Å². The lowest BCUT2D eigenvalue weighted by Crippen LogP contribution is -2.28. The quantitative estimate of drug-likeness (QED) is 0.868. The Morgan fingerprint density at radius 3 is 2.67 bits per heavy atom. The van der Waals surface area contributed by atoms with E-state index in [1.54, 1.807) is 6.33 Å². The highest BCUT2D eigenvalue weighted by molar-refractivity contribution is 5.88. The second kappa shape index (κ2) is 6.00. The van der Waals surface area contributed by atoms with Gasteiger partial charge < -0.3 is 5.32 Å². The summed E-state index contributed by atoms with van der Waals surface area (Å²) in [6.45, 7) is 5.70. The molecule has 3 nitrogen and oxygen atoms in total. The first-order valence-electron chi connectivity index (χ1n) is 8.12. The van der Waals surface area contributed by atoms with Crippen molar-refractivity contribution in [2.75, 3.05) is 11.9 Å². The standard InChI is InChI=1S/C18H25N3/c1-14(2)11-18(9-5-6-10-18)12-19-17-15-7-3-4-8-16(15)20-13-21-17/h3-4,7-8,13-14H,5-6,9-12H2,1-2H3,(H,19,20,21). The van der Waals surface area contributed by atoms with E-state index in [2.05, 4.69) is 41.3 Å². The highest BCUT2D eigenvalue weighted by Crippen LogP contribution is 2.43. The lowest BCUT2D eigenvalue weighted by atomic mass is 9.78. The summed E-state index contributed by atoms with van der Waals surface area (Å²) < 4.78 is 0. The van der Waals surface area contributed by atoms with Crippen LogP contribution in [-0.4, -0.2) is 16.5 Å². The summed E-state index contributed by atoms with van der Waals surface area (Å²) in [5.74, 6) is 1.74. The minimum atomic E-state index is 0.459. The molecule has 0 unspecified atom stereocenters. The first-order chi connectivity index (χ1) is 10.2. The molecule has 1 aliphatic rings. The normalized spacial score (nSPS) is 17.5. The Morgan fingerprint density at radius 2 is 1.90 bits per heavy atom. The van der Waals surface area contributed by atoms with Gasteiger partial charge >= 0.3 is 0 Å².